The first-order valence-electron chi connectivity index (χ1n) is 6.24. The maximum Gasteiger partial charge on any atom is 0.212 e. The number of hydrogen-bond donors (Lipinski definition) is 0. The van der Waals surface area contributed by atoms with Gasteiger partial charge in [0, 0.05) is 10.9 Å². The molecule has 0 spiro atoms. The summed E-state index contributed by atoms with van der Waals surface area (Å²) in [5, 5.41) is 10.6. The highest BCUT2D eigenvalue weighted by molar-refractivity contribution is 7.12. The van der Waals surface area contributed by atoms with Crippen LogP contribution in [0.25, 0.3) is 16.4 Å². The summed E-state index contributed by atoms with van der Waals surface area (Å²) in [6, 6.07) is 9.95. The van der Waals surface area contributed by atoms with E-state index >= 15 is 0 Å². The fourth-order valence-electron chi connectivity index (χ4n) is 1.99. The van der Waals surface area contributed by atoms with Crippen LogP contribution in [0.2, 0.25) is 0 Å². The first-order valence-corrected chi connectivity index (χ1v) is 7.12. The molecule has 20 heavy (non-hydrogen) atoms. The van der Waals surface area contributed by atoms with Gasteiger partial charge in [-0.05, 0) is 6.42 Å². The predicted octanol–water partition coefficient (Wildman–Crippen LogP) is 2.77. The fourth-order valence-corrected chi connectivity index (χ4v) is 2.80. The van der Waals surface area contributed by atoms with Crippen molar-refractivity contribution in [3.05, 3.63) is 47.1 Å². The Bertz CT molecular complexity index is 733. The maximum absolute atomic E-state index is 10.9. The highest BCUT2D eigenvalue weighted by atomic mass is 32.1. The Morgan fingerprint density at radius 2 is 2.10 bits per heavy atom. The zero-order valence-electron chi connectivity index (χ0n) is 10.9. The summed E-state index contributed by atoms with van der Waals surface area (Å²) >= 11 is 1.48. The van der Waals surface area contributed by atoms with Crippen molar-refractivity contribution in [2.45, 2.75) is 13.3 Å². The van der Waals surface area contributed by atoms with Gasteiger partial charge >= 0.3 is 0 Å². The van der Waals surface area contributed by atoms with E-state index in [-0.39, 0.29) is 0 Å². The fraction of sp³-hybridized carbons (Fsp3) is 0.143. The van der Waals surface area contributed by atoms with Crippen molar-refractivity contribution < 1.29 is 4.79 Å². The van der Waals surface area contributed by atoms with E-state index in [1.54, 1.807) is 4.68 Å². The molecule has 0 saturated heterocycles. The Morgan fingerprint density at radius 3 is 2.80 bits per heavy atom. The van der Waals surface area contributed by atoms with Crippen molar-refractivity contribution in [1.29, 1.82) is 0 Å². The molecule has 5 nitrogen and oxygen atoms in total. The highest BCUT2D eigenvalue weighted by Gasteiger charge is 2.14. The van der Waals surface area contributed by atoms with Crippen LogP contribution in [0.5, 0.6) is 0 Å². The van der Waals surface area contributed by atoms with Crippen molar-refractivity contribution in [2.24, 2.45) is 0 Å². The number of aldehydes is 1. The zero-order valence-corrected chi connectivity index (χ0v) is 11.7. The van der Waals surface area contributed by atoms with Crippen molar-refractivity contribution in [2.75, 3.05) is 0 Å². The van der Waals surface area contributed by atoms with Crippen LogP contribution in [0, 0.1) is 0 Å². The van der Waals surface area contributed by atoms with Crippen LogP contribution in [0.15, 0.2) is 35.7 Å². The first kappa shape index (κ1) is 12.7. The largest absolute Gasteiger partial charge is 0.296 e. The molecule has 0 unspecified atom stereocenters. The van der Waals surface area contributed by atoms with Gasteiger partial charge in [0.05, 0.1) is 11.4 Å². The molecule has 2 aromatic heterocycles. The van der Waals surface area contributed by atoms with Gasteiger partial charge < -0.3 is 0 Å². The van der Waals surface area contributed by atoms with Crippen molar-refractivity contribution >= 4 is 17.6 Å². The number of rotatable bonds is 4. The summed E-state index contributed by atoms with van der Waals surface area (Å²) in [6.45, 7) is 1.97. The van der Waals surface area contributed by atoms with Gasteiger partial charge in [-0.1, -0.05) is 42.5 Å². The molecule has 0 aliphatic rings. The van der Waals surface area contributed by atoms with Gasteiger partial charge in [0.2, 0.25) is 5.13 Å². The summed E-state index contributed by atoms with van der Waals surface area (Å²) < 4.78 is 1.64. The quantitative estimate of drug-likeness (QED) is 0.691. The minimum atomic E-state index is 0.379. The second-order valence-corrected chi connectivity index (χ2v) is 5.02. The molecule has 0 aliphatic carbocycles. The molecule has 0 radical (unpaired) electrons. The highest BCUT2D eigenvalue weighted by Crippen LogP contribution is 2.24. The number of hydrogen-bond acceptors (Lipinski definition) is 5. The van der Waals surface area contributed by atoms with Crippen LogP contribution in [0.3, 0.4) is 0 Å². The van der Waals surface area contributed by atoms with E-state index in [2.05, 4.69) is 15.3 Å². The van der Waals surface area contributed by atoms with E-state index < -0.39 is 0 Å². The normalized spacial score (nSPS) is 10.7. The average molecular weight is 284 g/mol. The van der Waals surface area contributed by atoms with E-state index in [4.69, 9.17) is 0 Å². The molecule has 0 amide bonds. The summed E-state index contributed by atoms with van der Waals surface area (Å²) in [7, 11) is 0. The van der Waals surface area contributed by atoms with Gasteiger partial charge in [-0.15, -0.1) is 16.4 Å². The summed E-state index contributed by atoms with van der Waals surface area (Å²) in [4.78, 5) is 15.5. The second kappa shape index (κ2) is 5.34. The van der Waals surface area contributed by atoms with Crippen LogP contribution in [0.4, 0.5) is 0 Å². The topological polar surface area (TPSA) is 60.7 Å². The molecule has 0 saturated carbocycles. The minimum absolute atomic E-state index is 0.379. The molecule has 3 aromatic rings. The third-order valence-corrected chi connectivity index (χ3v) is 3.80. The monoisotopic (exact) mass is 284 g/mol. The molecule has 1 aromatic carbocycles. The van der Waals surface area contributed by atoms with Crippen LogP contribution in [-0.2, 0) is 6.42 Å². The number of thiazole rings is 1. The molecule has 0 fully saturated rings. The lowest BCUT2D eigenvalue weighted by molar-refractivity contribution is 0.111. The number of nitrogens with zero attached hydrogens (tertiary/aromatic N) is 4. The maximum atomic E-state index is 10.9. The molecule has 100 valence electrons. The van der Waals surface area contributed by atoms with Gasteiger partial charge in [0.15, 0.2) is 6.29 Å². The number of aromatic nitrogens is 4. The van der Waals surface area contributed by atoms with Crippen LogP contribution >= 0.6 is 11.3 Å². The average Bonchev–Trinajstić information content (AvgIpc) is 3.14. The predicted molar refractivity (Wildman–Crippen MR) is 77.2 cm³/mol. The van der Waals surface area contributed by atoms with E-state index in [1.165, 1.54) is 11.3 Å². The smallest absolute Gasteiger partial charge is 0.212 e. The van der Waals surface area contributed by atoms with E-state index in [0.29, 0.717) is 12.1 Å². The third-order valence-electron chi connectivity index (χ3n) is 2.98. The van der Waals surface area contributed by atoms with Crippen molar-refractivity contribution in [1.82, 2.24) is 20.0 Å². The van der Waals surface area contributed by atoms with Crippen LogP contribution < -0.4 is 0 Å². The van der Waals surface area contributed by atoms with Gasteiger partial charge in [-0.2, -0.15) is 4.68 Å². The summed E-state index contributed by atoms with van der Waals surface area (Å²) in [5.74, 6) is 0. The molecular weight excluding hydrogens is 272 g/mol. The third kappa shape index (κ3) is 2.14. The number of benzene rings is 1. The Morgan fingerprint density at radius 1 is 1.30 bits per heavy atom. The molecule has 2 heterocycles. The van der Waals surface area contributed by atoms with E-state index in [9.17, 15) is 4.79 Å². The van der Waals surface area contributed by atoms with Gasteiger partial charge in [0.1, 0.15) is 5.69 Å². The van der Waals surface area contributed by atoms with Crippen molar-refractivity contribution in [3.8, 4) is 16.4 Å². The standard InChI is InChI=1S/C14H12N4OS/c1-2-13-11(8-19)16-17-18(13)14-15-12(9-20-14)10-6-4-3-5-7-10/h3-9H,2H2,1H3. The van der Waals surface area contributed by atoms with Crippen molar-refractivity contribution in [3.63, 3.8) is 0 Å². The zero-order chi connectivity index (χ0) is 13.9. The summed E-state index contributed by atoms with van der Waals surface area (Å²) in [6.07, 6.45) is 1.41. The Balaban J connectivity index is 2.02. The van der Waals surface area contributed by atoms with Crippen LogP contribution in [0.1, 0.15) is 23.1 Å². The lowest BCUT2D eigenvalue weighted by atomic mass is 10.2. The summed E-state index contributed by atoms with van der Waals surface area (Å²) in [5.41, 5.74) is 3.12. The molecule has 0 aliphatic heterocycles. The SMILES string of the molecule is CCc1c(C=O)nnn1-c1nc(-c2ccccc2)cs1. The molecule has 6 heteroatoms. The van der Waals surface area contributed by atoms with Gasteiger partial charge in [-0.25, -0.2) is 4.98 Å². The lowest BCUT2D eigenvalue weighted by Crippen LogP contribution is -2.02. The van der Waals surface area contributed by atoms with E-state index in [1.807, 2.05) is 42.6 Å². The molecule has 0 bridgehead atoms. The number of carbonyl (C=O) groups is 1. The number of carbonyl (C=O) groups excluding carboxylic acids is 1. The second-order valence-electron chi connectivity index (χ2n) is 4.19. The molecule has 0 atom stereocenters. The molecular formula is C14H12N4OS. The van der Waals surface area contributed by atoms with Crippen LogP contribution in [-0.4, -0.2) is 26.3 Å². The Hall–Kier alpha value is -2.34. The molecule has 3 rings (SSSR count). The Labute approximate surface area is 119 Å². The Kier molecular flexibility index (Phi) is 3.39. The first-order chi connectivity index (χ1) is 9.83. The lowest BCUT2D eigenvalue weighted by Gasteiger charge is -1.99. The van der Waals surface area contributed by atoms with Gasteiger partial charge in [-0.3, -0.25) is 4.79 Å². The molecule has 0 N–H and O–H groups in total. The minimum Gasteiger partial charge on any atom is -0.296 e. The van der Waals surface area contributed by atoms with Gasteiger partial charge in [0.25, 0.3) is 0 Å². The van der Waals surface area contributed by atoms with E-state index in [0.717, 1.165) is 28.4 Å².